The summed E-state index contributed by atoms with van der Waals surface area (Å²) in [7, 11) is 1.68. The fraction of sp³-hybridized carbons (Fsp3) is 0.158. The molecule has 0 amide bonds. The molecule has 3 nitrogen and oxygen atoms in total. The van der Waals surface area contributed by atoms with E-state index in [9.17, 15) is 0 Å². The third kappa shape index (κ3) is 4.85. The highest BCUT2D eigenvalue weighted by atomic mass is 32.2. The van der Waals surface area contributed by atoms with Gasteiger partial charge in [-0.2, -0.15) is 0 Å². The minimum Gasteiger partial charge on any atom is -0.497 e. The van der Waals surface area contributed by atoms with Gasteiger partial charge in [-0.05, 0) is 36.8 Å². The van der Waals surface area contributed by atoms with Crippen LogP contribution in [0.3, 0.4) is 0 Å². The van der Waals surface area contributed by atoms with Gasteiger partial charge in [0, 0.05) is 23.3 Å². The molecule has 122 valence electrons. The van der Waals surface area contributed by atoms with Gasteiger partial charge in [0.2, 0.25) is 0 Å². The largest absolute Gasteiger partial charge is 0.497 e. The Morgan fingerprint density at radius 2 is 1.75 bits per heavy atom. The number of thioether (sulfide) groups is 1. The summed E-state index contributed by atoms with van der Waals surface area (Å²) in [5.74, 6) is 1.82. The van der Waals surface area contributed by atoms with Crippen LogP contribution < -0.4 is 4.74 Å². The summed E-state index contributed by atoms with van der Waals surface area (Å²) in [4.78, 5) is 4.71. The number of nitrogens with zero attached hydrogens (tertiary/aromatic N) is 2. The van der Waals surface area contributed by atoms with Gasteiger partial charge in [0.25, 0.3) is 0 Å². The Hall–Kier alpha value is -2.29. The highest BCUT2D eigenvalue weighted by molar-refractivity contribution is 8.00. The first kappa shape index (κ1) is 18.1. The molecule has 3 rings (SSSR count). The van der Waals surface area contributed by atoms with Gasteiger partial charge < -0.3 is 4.74 Å². The average Bonchev–Trinajstić information content (AvgIpc) is 3.12. The van der Waals surface area contributed by atoms with Crippen molar-refractivity contribution in [1.82, 2.24) is 4.98 Å². The zero-order chi connectivity index (χ0) is 17.4. The van der Waals surface area contributed by atoms with Crippen LogP contribution in [0.1, 0.15) is 11.1 Å². The second-order valence-corrected chi connectivity index (χ2v) is 7.08. The standard InChI is InChI=1S/C18H17NOS2.CHN/c1-13-3-5-14(6-4-13)11-21-18-19-17(12-22-18)15-7-9-16(20-2)10-8-15;1-2/h3-10,12H,11H2,1-2H3;1H. The quantitative estimate of drug-likeness (QED) is 0.563. The lowest BCUT2D eigenvalue weighted by Gasteiger charge is -2.01. The number of aromatic nitrogens is 1. The lowest BCUT2D eigenvalue weighted by Crippen LogP contribution is -1.83. The van der Waals surface area contributed by atoms with Crippen molar-refractivity contribution in [2.75, 3.05) is 7.11 Å². The van der Waals surface area contributed by atoms with Crippen molar-refractivity contribution in [2.24, 2.45) is 0 Å². The number of aryl methyl sites for hydroxylation is 1. The van der Waals surface area contributed by atoms with Crippen LogP contribution in [0.15, 0.2) is 58.3 Å². The molecule has 0 radical (unpaired) electrons. The van der Waals surface area contributed by atoms with Gasteiger partial charge in [0.1, 0.15) is 5.75 Å². The fourth-order valence-electron chi connectivity index (χ4n) is 2.05. The van der Waals surface area contributed by atoms with E-state index in [0.717, 1.165) is 27.1 Å². The van der Waals surface area contributed by atoms with Gasteiger partial charge in [0.15, 0.2) is 4.34 Å². The summed E-state index contributed by atoms with van der Waals surface area (Å²) < 4.78 is 6.29. The van der Waals surface area contributed by atoms with Crippen molar-refractivity contribution in [3.63, 3.8) is 0 Å². The van der Waals surface area contributed by atoms with E-state index >= 15 is 0 Å². The van der Waals surface area contributed by atoms with Crippen molar-refractivity contribution in [1.29, 1.82) is 5.26 Å². The number of hydrogen-bond acceptors (Lipinski definition) is 5. The maximum atomic E-state index is 6.50. The molecule has 1 heterocycles. The number of benzene rings is 2. The van der Waals surface area contributed by atoms with Crippen molar-refractivity contribution >= 4 is 23.1 Å². The van der Waals surface area contributed by atoms with Gasteiger partial charge in [-0.15, -0.1) is 11.3 Å². The topological polar surface area (TPSA) is 45.9 Å². The van der Waals surface area contributed by atoms with Crippen LogP contribution in [-0.4, -0.2) is 12.1 Å². The molecule has 0 saturated carbocycles. The third-order valence-electron chi connectivity index (χ3n) is 3.35. The predicted octanol–water partition coefficient (Wildman–Crippen LogP) is 5.56. The van der Waals surface area contributed by atoms with Crippen molar-refractivity contribution < 1.29 is 4.74 Å². The van der Waals surface area contributed by atoms with E-state index < -0.39 is 0 Å². The number of thiazole rings is 1. The minimum absolute atomic E-state index is 0.868. The highest BCUT2D eigenvalue weighted by Crippen LogP contribution is 2.31. The molecular weight excluding hydrogens is 336 g/mol. The van der Waals surface area contributed by atoms with Crippen LogP contribution in [0.25, 0.3) is 11.3 Å². The molecule has 24 heavy (non-hydrogen) atoms. The summed E-state index contributed by atoms with van der Waals surface area (Å²) in [6.07, 6.45) is 0. The third-order valence-corrected chi connectivity index (χ3v) is 5.44. The zero-order valence-corrected chi connectivity index (χ0v) is 15.2. The summed E-state index contributed by atoms with van der Waals surface area (Å²) in [5, 5.41) is 8.61. The Bertz CT molecular complexity index is 777. The molecule has 0 unspecified atom stereocenters. The first-order valence-electron chi connectivity index (χ1n) is 7.29. The van der Waals surface area contributed by atoms with E-state index in [0.29, 0.717) is 0 Å². The van der Waals surface area contributed by atoms with E-state index in [1.807, 2.05) is 24.3 Å². The molecule has 0 aliphatic rings. The Morgan fingerprint density at radius 3 is 2.38 bits per heavy atom. The van der Waals surface area contributed by atoms with Gasteiger partial charge >= 0.3 is 0 Å². The Morgan fingerprint density at radius 1 is 1.08 bits per heavy atom. The molecule has 0 bridgehead atoms. The number of ether oxygens (including phenoxy) is 1. The molecule has 0 atom stereocenters. The second kappa shape index (κ2) is 9.11. The normalized spacial score (nSPS) is 9.83. The Kier molecular flexibility index (Phi) is 6.86. The van der Waals surface area contributed by atoms with E-state index in [2.05, 4.69) is 43.1 Å². The average molecular weight is 355 g/mol. The number of hydrogen-bond donors (Lipinski definition) is 0. The predicted molar refractivity (Wildman–Crippen MR) is 102 cm³/mol. The first-order chi connectivity index (χ1) is 11.7. The summed E-state index contributed by atoms with van der Waals surface area (Å²) in [6.45, 7) is 5.61. The van der Waals surface area contributed by atoms with Crippen LogP contribution >= 0.6 is 23.1 Å². The molecule has 0 spiro atoms. The maximum Gasteiger partial charge on any atom is 0.150 e. The molecule has 0 fully saturated rings. The van der Waals surface area contributed by atoms with Gasteiger partial charge in [0.05, 0.1) is 12.8 Å². The number of rotatable bonds is 5. The van der Waals surface area contributed by atoms with Gasteiger partial charge in [-0.3, -0.25) is 0 Å². The van der Waals surface area contributed by atoms with E-state index in [1.165, 1.54) is 11.1 Å². The molecular formula is C19H18N2OS2. The highest BCUT2D eigenvalue weighted by Gasteiger charge is 2.06. The number of methoxy groups -OCH3 is 1. The fourth-order valence-corrected chi connectivity index (χ4v) is 3.84. The van der Waals surface area contributed by atoms with Gasteiger partial charge in [-0.1, -0.05) is 41.6 Å². The molecule has 3 aromatic rings. The first-order valence-corrected chi connectivity index (χ1v) is 9.15. The molecule has 2 aromatic carbocycles. The van der Waals surface area contributed by atoms with Gasteiger partial charge in [-0.25, -0.2) is 10.2 Å². The van der Waals surface area contributed by atoms with E-state index in [1.54, 1.807) is 30.2 Å². The minimum atomic E-state index is 0.868. The van der Waals surface area contributed by atoms with E-state index in [-0.39, 0.29) is 0 Å². The van der Waals surface area contributed by atoms with Crippen LogP contribution in [0.4, 0.5) is 0 Å². The summed E-state index contributed by atoms with van der Waals surface area (Å²) in [6, 6.07) is 16.7. The van der Waals surface area contributed by atoms with Crippen LogP contribution in [0.5, 0.6) is 5.75 Å². The summed E-state index contributed by atoms with van der Waals surface area (Å²) in [5.41, 5.74) is 4.78. The molecule has 5 heteroatoms. The molecule has 1 aromatic heterocycles. The Balaban J connectivity index is 0.00000100. The zero-order valence-electron chi connectivity index (χ0n) is 13.6. The molecule has 0 aliphatic heterocycles. The molecule has 0 saturated heterocycles. The lowest BCUT2D eigenvalue weighted by atomic mass is 10.2. The second-order valence-electron chi connectivity index (χ2n) is 5.00. The van der Waals surface area contributed by atoms with Crippen LogP contribution in [0, 0.1) is 18.8 Å². The molecule has 0 N–H and O–H groups in total. The van der Waals surface area contributed by atoms with E-state index in [4.69, 9.17) is 15.0 Å². The van der Waals surface area contributed by atoms with Crippen LogP contribution in [0.2, 0.25) is 0 Å². The Labute approximate surface area is 151 Å². The van der Waals surface area contributed by atoms with Crippen molar-refractivity contribution in [3.8, 4) is 23.6 Å². The lowest BCUT2D eigenvalue weighted by molar-refractivity contribution is 0.415. The summed E-state index contributed by atoms with van der Waals surface area (Å²) >= 11 is 3.48. The SMILES string of the molecule is C#N.COc1ccc(-c2csc(SCc3ccc(C)cc3)n2)cc1. The van der Waals surface area contributed by atoms with Crippen LogP contribution in [-0.2, 0) is 5.75 Å². The number of nitriles is 1. The monoisotopic (exact) mass is 354 g/mol. The smallest absolute Gasteiger partial charge is 0.150 e. The molecule has 0 aliphatic carbocycles. The maximum absolute atomic E-state index is 6.50. The van der Waals surface area contributed by atoms with Crippen molar-refractivity contribution in [3.05, 3.63) is 65.0 Å². The van der Waals surface area contributed by atoms with Crippen molar-refractivity contribution in [2.45, 2.75) is 17.0 Å².